The maximum atomic E-state index is 5.26. The number of nitrogens with one attached hydrogen (secondary N) is 1. The summed E-state index contributed by atoms with van der Waals surface area (Å²) in [7, 11) is 5.59. The predicted molar refractivity (Wildman–Crippen MR) is 76.5 cm³/mol. The smallest absolute Gasteiger partial charge is 0.190 e. The summed E-state index contributed by atoms with van der Waals surface area (Å²) in [5, 5.41) is 12.2. The SMILES string of the molecule is CNC(CSc1nncn1C)c1cccc(OC)c1. The monoisotopic (exact) mass is 278 g/mol. The number of rotatable bonds is 6. The van der Waals surface area contributed by atoms with Crippen LogP contribution in [0.5, 0.6) is 5.75 Å². The molecule has 1 atom stereocenters. The first kappa shape index (κ1) is 13.9. The lowest BCUT2D eigenvalue weighted by molar-refractivity contribution is 0.413. The molecule has 0 radical (unpaired) electrons. The van der Waals surface area contributed by atoms with Crippen molar-refractivity contribution in [2.75, 3.05) is 19.9 Å². The third-order valence-electron chi connectivity index (χ3n) is 2.89. The minimum Gasteiger partial charge on any atom is -0.497 e. The number of hydrogen-bond donors (Lipinski definition) is 1. The molecule has 0 saturated carbocycles. The number of nitrogens with zero attached hydrogens (tertiary/aromatic N) is 3. The summed E-state index contributed by atoms with van der Waals surface area (Å²) in [6.45, 7) is 0. The van der Waals surface area contributed by atoms with Crippen molar-refractivity contribution in [1.29, 1.82) is 0 Å². The Morgan fingerprint density at radius 1 is 1.47 bits per heavy atom. The Kier molecular flexibility index (Phi) is 4.81. The lowest BCUT2D eigenvalue weighted by atomic mass is 10.1. The summed E-state index contributed by atoms with van der Waals surface area (Å²) in [5.74, 6) is 1.76. The van der Waals surface area contributed by atoms with Gasteiger partial charge in [-0.3, -0.25) is 0 Å². The van der Waals surface area contributed by atoms with Gasteiger partial charge in [-0.15, -0.1) is 10.2 Å². The fraction of sp³-hybridized carbons (Fsp3) is 0.385. The Hall–Kier alpha value is -1.53. The molecule has 1 heterocycles. The summed E-state index contributed by atoms with van der Waals surface area (Å²) < 4.78 is 7.18. The second kappa shape index (κ2) is 6.58. The Bertz CT molecular complexity index is 529. The predicted octanol–water partition coefficient (Wildman–Crippen LogP) is 1.88. The molecule has 2 rings (SSSR count). The van der Waals surface area contributed by atoms with E-state index < -0.39 is 0 Å². The molecule has 1 aromatic heterocycles. The molecule has 0 spiro atoms. The molecule has 0 aliphatic carbocycles. The van der Waals surface area contributed by atoms with Crippen molar-refractivity contribution in [3.63, 3.8) is 0 Å². The van der Waals surface area contributed by atoms with E-state index in [0.29, 0.717) is 0 Å². The van der Waals surface area contributed by atoms with Crippen molar-refractivity contribution in [3.8, 4) is 5.75 Å². The van der Waals surface area contributed by atoms with Crippen LogP contribution in [-0.4, -0.2) is 34.7 Å². The third kappa shape index (κ3) is 3.48. The van der Waals surface area contributed by atoms with Crippen molar-refractivity contribution >= 4 is 11.8 Å². The van der Waals surface area contributed by atoms with Crippen LogP contribution in [0.15, 0.2) is 35.7 Å². The van der Waals surface area contributed by atoms with E-state index in [9.17, 15) is 0 Å². The van der Waals surface area contributed by atoms with Crippen molar-refractivity contribution in [1.82, 2.24) is 20.1 Å². The number of hydrogen-bond acceptors (Lipinski definition) is 5. The van der Waals surface area contributed by atoms with E-state index >= 15 is 0 Å². The molecule has 1 N–H and O–H groups in total. The maximum Gasteiger partial charge on any atom is 0.190 e. The zero-order chi connectivity index (χ0) is 13.7. The van der Waals surface area contributed by atoms with Gasteiger partial charge in [0, 0.05) is 18.8 Å². The van der Waals surface area contributed by atoms with Gasteiger partial charge in [-0.25, -0.2) is 0 Å². The van der Waals surface area contributed by atoms with E-state index in [4.69, 9.17) is 4.74 Å². The van der Waals surface area contributed by atoms with Gasteiger partial charge in [0.2, 0.25) is 0 Å². The van der Waals surface area contributed by atoms with Gasteiger partial charge < -0.3 is 14.6 Å². The van der Waals surface area contributed by atoms with Gasteiger partial charge in [-0.1, -0.05) is 23.9 Å². The lowest BCUT2D eigenvalue weighted by Crippen LogP contribution is -2.19. The molecule has 0 fully saturated rings. The van der Waals surface area contributed by atoms with E-state index in [1.165, 1.54) is 5.56 Å². The van der Waals surface area contributed by atoms with Crippen LogP contribution in [0.1, 0.15) is 11.6 Å². The van der Waals surface area contributed by atoms with E-state index in [0.717, 1.165) is 16.7 Å². The van der Waals surface area contributed by atoms with Crippen molar-refractivity contribution in [2.24, 2.45) is 7.05 Å². The van der Waals surface area contributed by atoms with Gasteiger partial charge >= 0.3 is 0 Å². The zero-order valence-electron chi connectivity index (χ0n) is 11.3. The Morgan fingerprint density at radius 2 is 2.32 bits per heavy atom. The van der Waals surface area contributed by atoms with Crippen molar-refractivity contribution in [2.45, 2.75) is 11.2 Å². The minimum absolute atomic E-state index is 0.247. The fourth-order valence-corrected chi connectivity index (χ4v) is 2.80. The number of methoxy groups -OCH3 is 1. The van der Waals surface area contributed by atoms with Gasteiger partial charge in [0.15, 0.2) is 5.16 Å². The van der Waals surface area contributed by atoms with Crippen LogP contribution in [0.3, 0.4) is 0 Å². The summed E-state index contributed by atoms with van der Waals surface area (Å²) in [4.78, 5) is 0. The molecular weight excluding hydrogens is 260 g/mol. The van der Waals surface area contributed by atoms with Gasteiger partial charge in [0.05, 0.1) is 7.11 Å². The Morgan fingerprint density at radius 3 is 2.95 bits per heavy atom. The van der Waals surface area contributed by atoms with Gasteiger partial charge in [-0.05, 0) is 24.7 Å². The van der Waals surface area contributed by atoms with E-state index in [1.807, 2.05) is 30.8 Å². The average Bonchev–Trinajstić information content (AvgIpc) is 2.85. The Balaban J connectivity index is 2.05. The van der Waals surface area contributed by atoms with Crippen molar-refractivity contribution < 1.29 is 4.74 Å². The van der Waals surface area contributed by atoms with E-state index in [1.54, 1.807) is 25.2 Å². The number of aromatic nitrogens is 3. The number of benzene rings is 1. The van der Waals surface area contributed by atoms with Crippen LogP contribution in [0.25, 0.3) is 0 Å². The summed E-state index contributed by atoms with van der Waals surface area (Å²) in [6, 6.07) is 8.36. The van der Waals surface area contributed by atoms with Crippen LogP contribution >= 0.6 is 11.8 Å². The quantitative estimate of drug-likeness (QED) is 0.818. The normalized spacial score (nSPS) is 12.4. The summed E-state index contributed by atoms with van der Waals surface area (Å²) in [6.07, 6.45) is 1.71. The molecule has 1 unspecified atom stereocenters. The molecule has 6 heteroatoms. The van der Waals surface area contributed by atoms with Crippen LogP contribution in [0.2, 0.25) is 0 Å². The average molecular weight is 278 g/mol. The van der Waals surface area contributed by atoms with Crippen LogP contribution < -0.4 is 10.1 Å². The molecule has 2 aromatic rings. The highest BCUT2D eigenvalue weighted by Crippen LogP contribution is 2.25. The molecule has 5 nitrogen and oxygen atoms in total. The summed E-state index contributed by atoms with van der Waals surface area (Å²) >= 11 is 1.68. The second-order valence-electron chi connectivity index (χ2n) is 4.15. The van der Waals surface area contributed by atoms with E-state index in [-0.39, 0.29) is 6.04 Å². The maximum absolute atomic E-state index is 5.26. The number of aryl methyl sites for hydroxylation is 1. The largest absolute Gasteiger partial charge is 0.497 e. The van der Waals surface area contributed by atoms with E-state index in [2.05, 4.69) is 27.6 Å². The highest BCUT2D eigenvalue weighted by atomic mass is 32.2. The highest BCUT2D eigenvalue weighted by Gasteiger charge is 2.12. The number of ether oxygens (including phenoxy) is 1. The summed E-state index contributed by atoms with van der Waals surface area (Å²) in [5.41, 5.74) is 1.21. The van der Waals surface area contributed by atoms with Gasteiger partial charge in [0.1, 0.15) is 12.1 Å². The third-order valence-corrected chi connectivity index (χ3v) is 4.02. The van der Waals surface area contributed by atoms with Crippen LogP contribution in [0.4, 0.5) is 0 Å². The van der Waals surface area contributed by atoms with Crippen LogP contribution in [0, 0.1) is 0 Å². The van der Waals surface area contributed by atoms with Crippen LogP contribution in [-0.2, 0) is 7.05 Å². The molecule has 0 aliphatic rings. The highest BCUT2D eigenvalue weighted by molar-refractivity contribution is 7.99. The molecular formula is C13H18N4OS. The molecule has 0 amide bonds. The van der Waals surface area contributed by atoms with Gasteiger partial charge in [0.25, 0.3) is 0 Å². The number of thioether (sulfide) groups is 1. The molecule has 102 valence electrons. The lowest BCUT2D eigenvalue weighted by Gasteiger charge is -2.16. The first-order valence-electron chi connectivity index (χ1n) is 6.02. The molecule has 0 aliphatic heterocycles. The zero-order valence-corrected chi connectivity index (χ0v) is 12.1. The first-order chi connectivity index (χ1) is 9.24. The van der Waals surface area contributed by atoms with Crippen molar-refractivity contribution in [3.05, 3.63) is 36.2 Å². The second-order valence-corrected chi connectivity index (χ2v) is 5.14. The topological polar surface area (TPSA) is 52.0 Å². The van der Waals surface area contributed by atoms with Gasteiger partial charge in [-0.2, -0.15) is 0 Å². The fourth-order valence-electron chi connectivity index (χ4n) is 1.77. The standard InChI is InChI=1S/C13H18N4OS/c1-14-12(8-19-13-16-15-9-17(13)2)10-5-4-6-11(7-10)18-3/h4-7,9,12,14H,8H2,1-3H3. The first-order valence-corrected chi connectivity index (χ1v) is 7.01. The molecule has 1 aromatic carbocycles. The molecule has 19 heavy (non-hydrogen) atoms. The molecule has 0 bridgehead atoms. The minimum atomic E-state index is 0.247. The molecule has 0 saturated heterocycles. The Labute approximate surface area is 117 Å².